The average molecular weight is 397 g/mol. The summed E-state index contributed by atoms with van der Waals surface area (Å²) in [4.78, 5) is 37.7. The smallest absolute Gasteiger partial charge is 0.428 e. The van der Waals surface area contributed by atoms with E-state index < -0.39 is 42.4 Å². The number of nitrogens with zero attached hydrogens (tertiary/aromatic N) is 1. The fourth-order valence-electron chi connectivity index (χ4n) is 2.71. The molecule has 2 heterocycles. The largest absolute Gasteiger partial charge is 0.514 e. The Morgan fingerprint density at radius 2 is 2.07 bits per heavy atom. The number of carbonyl (C=O) groups excluding carboxylic acids is 1. The summed E-state index contributed by atoms with van der Waals surface area (Å²) in [5.74, 6) is 0.243. The Labute approximate surface area is 158 Å². The zero-order valence-corrected chi connectivity index (χ0v) is 15.0. The van der Waals surface area contributed by atoms with Gasteiger partial charge in [0.05, 0.1) is 6.61 Å². The molecule has 1 aromatic heterocycles. The zero-order valence-electron chi connectivity index (χ0n) is 14.3. The minimum atomic E-state index is -0.977. The first-order valence-electron chi connectivity index (χ1n) is 8.10. The van der Waals surface area contributed by atoms with Crippen molar-refractivity contribution in [2.75, 3.05) is 6.61 Å². The molecule has 0 amide bonds. The Balaban J connectivity index is 1.70. The molecule has 1 aromatic carbocycles. The van der Waals surface area contributed by atoms with Crippen LogP contribution < -0.4 is 16.0 Å². The highest BCUT2D eigenvalue weighted by Crippen LogP contribution is 2.30. The Morgan fingerprint density at radius 3 is 2.74 bits per heavy atom. The van der Waals surface area contributed by atoms with Gasteiger partial charge in [-0.2, -0.15) is 0 Å². The third kappa shape index (κ3) is 4.38. The van der Waals surface area contributed by atoms with Crippen molar-refractivity contribution in [2.45, 2.75) is 31.8 Å². The highest BCUT2D eigenvalue weighted by atomic mass is 35.5. The number of aliphatic hydroxyl groups excluding tert-OH is 1. The first kappa shape index (κ1) is 19.2. The summed E-state index contributed by atoms with van der Waals surface area (Å²) in [6, 6.07) is 6.12. The minimum Gasteiger partial charge on any atom is -0.428 e. The van der Waals surface area contributed by atoms with Crippen molar-refractivity contribution in [3.05, 3.63) is 61.9 Å². The summed E-state index contributed by atoms with van der Waals surface area (Å²) in [5.41, 5.74) is -0.825. The van der Waals surface area contributed by atoms with E-state index in [2.05, 4.69) is 4.98 Å². The quantitative estimate of drug-likeness (QED) is 0.591. The SMILES string of the molecule is Cc1cn([C@H]2CC(OC(=O)Oc3ccc(Cl)cc3)[C@@H](CO)O2)c(=O)[nH]c1=O. The van der Waals surface area contributed by atoms with Gasteiger partial charge in [0.1, 0.15) is 24.2 Å². The van der Waals surface area contributed by atoms with Gasteiger partial charge in [-0.25, -0.2) is 9.59 Å². The average Bonchev–Trinajstić information content (AvgIpc) is 3.02. The topological polar surface area (TPSA) is 120 Å². The van der Waals surface area contributed by atoms with E-state index in [1.54, 1.807) is 19.1 Å². The first-order chi connectivity index (χ1) is 12.9. The molecule has 1 unspecified atom stereocenters. The second-order valence-electron chi connectivity index (χ2n) is 5.99. The van der Waals surface area contributed by atoms with E-state index in [1.165, 1.54) is 22.9 Å². The predicted octanol–water partition coefficient (Wildman–Crippen LogP) is 1.36. The van der Waals surface area contributed by atoms with Crippen LogP contribution in [0.5, 0.6) is 5.75 Å². The molecule has 0 spiro atoms. The highest BCUT2D eigenvalue weighted by Gasteiger charge is 2.39. The van der Waals surface area contributed by atoms with Gasteiger partial charge in [-0.1, -0.05) is 11.6 Å². The monoisotopic (exact) mass is 396 g/mol. The number of aromatic nitrogens is 2. The Kier molecular flexibility index (Phi) is 5.64. The number of benzene rings is 1. The third-order valence-corrected chi connectivity index (χ3v) is 4.33. The van der Waals surface area contributed by atoms with E-state index in [0.29, 0.717) is 10.6 Å². The van der Waals surface area contributed by atoms with Crippen LogP contribution >= 0.6 is 11.6 Å². The standard InChI is InChI=1S/C17H17ClN2O7/c1-9-7-20(16(23)19-15(9)22)14-6-12(13(8-21)26-14)27-17(24)25-11-4-2-10(18)3-5-11/h2-5,7,12-14,21H,6,8H2,1H3,(H,19,22,23)/t12?,13-,14-/m1/s1. The lowest BCUT2D eigenvalue weighted by Gasteiger charge is -2.16. The van der Waals surface area contributed by atoms with E-state index in [1.807, 2.05) is 0 Å². The van der Waals surface area contributed by atoms with Crippen LogP contribution in [0.1, 0.15) is 18.2 Å². The van der Waals surface area contributed by atoms with E-state index >= 15 is 0 Å². The van der Waals surface area contributed by atoms with Gasteiger partial charge >= 0.3 is 11.8 Å². The molecule has 0 saturated carbocycles. The highest BCUT2D eigenvalue weighted by molar-refractivity contribution is 6.30. The van der Waals surface area contributed by atoms with Gasteiger partial charge in [0.25, 0.3) is 5.56 Å². The fourth-order valence-corrected chi connectivity index (χ4v) is 2.83. The summed E-state index contributed by atoms with van der Waals surface area (Å²) in [5, 5.41) is 9.98. The van der Waals surface area contributed by atoms with Gasteiger partial charge in [0.2, 0.25) is 0 Å². The molecule has 1 fully saturated rings. The van der Waals surface area contributed by atoms with Gasteiger partial charge < -0.3 is 19.3 Å². The normalized spacial score (nSPS) is 21.8. The number of aryl methyl sites for hydroxylation is 1. The lowest BCUT2D eigenvalue weighted by Crippen LogP contribution is -2.33. The molecule has 2 aromatic rings. The van der Waals surface area contributed by atoms with E-state index in [4.69, 9.17) is 25.8 Å². The molecular weight excluding hydrogens is 380 g/mol. The summed E-state index contributed by atoms with van der Waals surface area (Å²) in [6.07, 6.45) is -2.00. The van der Waals surface area contributed by atoms with E-state index in [9.17, 15) is 19.5 Å². The van der Waals surface area contributed by atoms with Gasteiger partial charge in [-0.15, -0.1) is 0 Å². The molecule has 0 aliphatic carbocycles. The first-order valence-corrected chi connectivity index (χ1v) is 8.47. The van der Waals surface area contributed by atoms with Crippen molar-refractivity contribution in [3.8, 4) is 5.75 Å². The maximum atomic E-state index is 12.0. The van der Waals surface area contributed by atoms with Crippen molar-refractivity contribution in [2.24, 2.45) is 0 Å². The van der Waals surface area contributed by atoms with Crippen molar-refractivity contribution >= 4 is 17.8 Å². The van der Waals surface area contributed by atoms with Crippen LogP contribution in [0.3, 0.4) is 0 Å². The van der Waals surface area contributed by atoms with Gasteiger partial charge in [0.15, 0.2) is 0 Å². The summed E-state index contributed by atoms with van der Waals surface area (Å²) < 4.78 is 17.1. The van der Waals surface area contributed by atoms with Crippen molar-refractivity contribution < 1.29 is 24.1 Å². The molecule has 3 rings (SSSR count). The molecule has 27 heavy (non-hydrogen) atoms. The molecule has 0 bridgehead atoms. The molecule has 1 aliphatic rings. The second kappa shape index (κ2) is 7.95. The number of hydrogen-bond acceptors (Lipinski definition) is 7. The maximum absolute atomic E-state index is 12.0. The number of carbonyl (C=O) groups is 1. The predicted molar refractivity (Wildman–Crippen MR) is 94.0 cm³/mol. The molecule has 10 heteroatoms. The Morgan fingerprint density at radius 1 is 1.37 bits per heavy atom. The van der Waals surface area contributed by atoms with Crippen LogP contribution in [0, 0.1) is 6.92 Å². The lowest BCUT2D eigenvalue weighted by atomic mass is 10.2. The summed E-state index contributed by atoms with van der Waals surface area (Å²) >= 11 is 5.77. The molecule has 9 nitrogen and oxygen atoms in total. The summed E-state index contributed by atoms with van der Waals surface area (Å²) in [7, 11) is 0. The maximum Gasteiger partial charge on any atom is 0.514 e. The molecule has 1 saturated heterocycles. The molecular formula is C17H17ClN2O7. The van der Waals surface area contributed by atoms with Crippen LogP contribution in [0.15, 0.2) is 40.1 Å². The van der Waals surface area contributed by atoms with E-state index in [0.717, 1.165) is 0 Å². The third-order valence-electron chi connectivity index (χ3n) is 4.08. The minimum absolute atomic E-state index is 0.104. The zero-order chi connectivity index (χ0) is 19.6. The molecule has 3 atom stereocenters. The van der Waals surface area contributed by atoms with Crippen molar-refractivity contribution in [3.63, 3.8) is 0 Å². The van der Waals surface area contributed by atoms with Crippen molar-refractivity contribution in [1.29, 1.82) is 0 Å². The Hall–Kier alpha value is -2.62. The number of aliphatic hydroxyl groups is 1. The number of ether oxygens (including phenoxy) is 3. The number of hydrogen-bond donors (Lipinski definition) is 2. The van der Waals surface area contributed by atoms with Crippen molar-refractivity contribution in [1.82, 2.24) is 9.55 Å². The number of nitrogens with one attached hydrogen (secondary N) is 1. The van der Waals surface area contributed by atoms with Crippen LogP contribution in [-0.4, -0.2) is 39.6 Å². The van der Waals surface area contributed by atoms with Gasteiger partial charge in [0, 0.05) is 23.2 Å². The number of H-pyrrole nitrogens is 1. The van der Waals surface area contributed by atoms with Crippen LogP contribution in [0.25, 0.3) is 0 Å². The Bertz CT molecular complexity index is 938. The number of rotatable bonds is 4. The molecule has 1 aliphatic heterocycles. The number of halogens is 1. The van der Waals surface area contributed by atoms with E-state index in [-0.39, 0.29) is 12.2 Å². The second-order valence-corrected chi connectivity index (χ2v) is 6.42. The number of aromatic amines is 1. The lowest BCUT2D eigenvalue weighted by molar-refractivity contribution is -0.0526. The molecule has 2 N–H and O–H groups in total. The molecule has 144 valence electrons. The van der Waals surface area contributed by atoms with Gasteiger partial charge in [-0.05, 0) is 31.2 Å². The van der Waals surface area contributed by atoms with Gasteiger partial charge in [-0.3, -0.25) is 14.3 Å². The van der Waals surface area contributed by atoms with Crippen LogP contribution in [0.4, 0.5) is 4.79 Å². The van der Waals surface area contributed by atoms with Crippen LogP contribution in [0.2, 0.25) is 5.02 Å². The summed E-state index contributed by atoms with van der Waals surface area (Å²) in [6.45, 7) is 1.12. The fraction of sp³-hybridized carbons (Fsp3) is 0.353. The van der Waals surface area contributed by atoms with Crippen LogP contribution in [-0.2, 0) is 9.47 Å². The molecule has 0 radical (unpaired) electrons.